The Balaban J connectivity index is 2.45. The van der Waals surface area contributed by atoms with E-state index in [0.29, 0.717) is 12.3 Å². The second kappa shape index (κ2) is 4.61. The first kappa shape index (κ1) is 9.73. The van der Waals surface area contributed by atoms with Crippen LogP contribution in [0.1, 0.15) is 4.88 Å². The van der Waals surface area contributed by atoms with Gasteiger partial charge in [-0.25, -0.2) is 0 Å². The fourth-order valence-electron chi connectivity index (χ4n) is 0.817. The van der Waals surface area contributed by atoms with Gasteiger partial charge in [0.1, 0.15) is 6.54 Å². The standard InChI is InChI=1S/C8H10N2O2S/c9-7(10-5-8(11)12)4-6-2-1-3-13-6/h1-3H,4-5H2,(H2,9,10)(H,11,12). The summed E-state index contributed by atoms with van der Waals surface area (Å²) in [7, 11) is 0. The fourth-order valence-corrected chi connectivity index (χ4v) is 1.54. The summed E-state index contributed by atoms with van der Waals surface area (Å²) in [5, 5.41) is 10.3. The van der Waals surface area contributed by atoms with E-state index in [1.165, 1.54) is 0 Å². The Kier molecular flexibility index (Phi) is 3.45. The molecule has 0 aliphatic heterocycles. The topological polar surface area (TPSA) is 75.7 Å². The minimum atomic E-state index is -0.964. The predicted molar refractivity (Wildman–Crippen MR) is 52.1 cm³/mol. The molecule has 0 aliphatic carbocycles. The highest BCUT2D eigenvalue weighted by molar-refractivity contribution is 7.10. The zero-order chi connectivity index (χ0) is 9.68. The van der Waals surface area contributed by atoms with E-state index in [1.807, 2.05) is 17.5 Å². The van der Waals surface area contributed by atoms with E-state index in [2.05, 4.69) is 4.99 Å². The molecule has 0 atom stereocenters. The Morgan fingerprint density at radius 2 is 2.46 bits per heavy atom. The van der Waals surface area contributed by atoms with E-state index in [-0.39, 0.29) is 6.54 Å². The number of aliphatic carboxylic acids is 1. The Morgan fingerprint density at radius 1 is 1.69 bits per heavy atom. The van der Waals surface area contributed by atoms with Crippen LogP contribution in [-0.4, -0.2) is 23.5 Å². The summed E-state index contributed by atoms with van der Waals surface area (Å²) in [4.78, 5) is 14.9. The van der Waals surface area contributed by atoms with Crippen LogP contribution in [0.25, 0.3) is 0 Å². The highest BCUT2D eigenvalue weighted by Crippen LogP contribution is 2.08. The second-order valence-corrected chi connectivity index (χ2v) is 3.49. The maximum atomic E-state index is 10.1. The molecule has 0 aliphatic rings. The number of rotatable bonds is 4. The van der Waals surface area contributed by atoms with Crippen molar-refractivity contribution in [2.24, 2.45) is 10.7 Å². The van der Waals surface area contributed by atoms with Crippen LogP contribution in [0.5, 0.6) is 0 Å². The van der Waals surface area contributed by atoms with E-state index in [4.69, 9.17) is 10.8 Å². The maximum absolute atomic E-state index is 10.1. The number of hydrogen-bond donors (Lipinski definition) is 2. The lowest BCUT2D eigenvalue weighted by Gasteiger charge is -1.96. The third-order valence-electron chi connectivity index (χ3n) is 1.35. The SMILES string of the molecule is NC(Cc1cccs1)=NCC(=O)O. The third kappa shape index (κ3) is 3.71. The molecule has 1 heterocycles. The van der Waals surface area contributed by atoms with Gasteiger partial charge in [-0.1, -0.05) is 6.07 Å². The van der Waals surface area contributed by atoms with Crippen molar-refractivity contribution in [2.45, 2.75) is 6.42 Å². The van der Waals surface area contributed by atoms with Gasteiger partial charge >= 0.3 is 5.97 Å². The highest BCUT2D eigenvalue weighted by Gasteiger charge is 1.98. The van der Waals surface area contributed by atoms with Crippen LogP contribution in [0, 0.1) is 0 Å². The number of thiophene rings is 1. The van der Waals surface area contributed by atoms with Crippen LogP contribution >= 0.6 is 11.3 Å². The van der Waals surface area contributed by atoms with Crippen LogP contribution in [-0.2, 0) is 11.2 Å². The van der Waals surface area contributed by atoms with Crippen molar-refractivity contribution in [3.05, 3.63) is 22.4 Å². The third-order valence-corrected chi connectivity index (χ3v) is 2.23. The molecule has 5 heteroatoms. The van der Waals surface area contributed by atoms with Crippen LogP contribution < -0.4 is 5.73 Å². The van der Waals surface area contributed by atoms with Crippen LogP contribution in [0.3, 0.4) is 0 Å². The quantitative estimate of drug-likeness (QED) is 0.553. The summed E-state index contributed by atoms with van der Waals surface area (Å²) >= 11 is 1.58. The molecule has 0 saturated heterocycles. The van der Waals surface area contributed by atoms with Crippen molar-refractivity contribution >= 4 is 23.1 Å². The molecule has 0 bridgehead atoms. The zero-order valence-corrected chi connectivity index (χ0v) is 7.75. The van der Waals surface area contributed by atoms with Gasteiger partial charge in [0.15, 0.2) is 0 Å². The number of carbonyl (C=O) groups is 1. The molecule has 0 radical (unpaired) electrons. The molecule has 0 aromatic carbocycles. The Bertz CT molecular complexity index is 306. The molecule has 0 amide bonds. The molecule has 0 fully saturated rings. The summed E-state index contributed by atoms with van der Waals surface area (Å²) in [6, 6.07) is 3.86. The van der Waals surface area contributed by atoms with Crippen LogP contribution in [0.4, 0.5) is 0 Å². The van der Waals surface area contributed by atoms with Gasteiger partial charge < -0.3 is 10.8 Å². The second-order valence-electron chi connectivity index (χ2n) is 2.46. The molecule has 3 N–H and O–H groups in total. The lowest BCUT2D eigenvalue weighted by Crippen LogP contribution is -2.16. The number of nitrogens with two attached hydrogens (primary N) is 1. The minimum absolute atomic E-state index is 0.253. The summed E-state index contributed by atoms with van der Waals surface area (Å²) in [5.74, 6) is -0.598. The Hall–Kier alpha value is -1.36. The number of nitrogens with zero attached hydrogens (tertiary/aromatic N) is 1. The van der Waals surface area contributed by atoms with Crippen molar-refractivity contribution < 1.29 is 9.90 Å². The summed E-state index contributed by atoms with van der Waals surface area (Å²) in [6.07, 6.45) is 0.533. The average Bonchev–Trinajstić information content (AvgIpc) is 2.53. The van der Waals surface area contributed by atoms with Crippen molar-refractivity contribution in [2.75, 3.05) is 6.54 Å². The van der Waals surface area contributed by atoms with E-state index in [0.717, 1.165) is 4.88 Å². The first-order valence-corrected chi connectivity index (χ1v) is 4.59. The van der Waals surface area contributed by atoms with E-state index >= 15 is 0 Å². The van der Waals surface area contributed by atoms with Gasteiger partial charge in [-0.3, -0.25) is 9.79 Å². The normalized spacial score (nSPS) is 11.5. The number of hydrogen-bond acceptors (Lipinski definition) is 3. The molecule has 0 saturated carbocycles. The van der Waals surface area contributed by atoms with Crippen LogP contribution in [0.15, 0.2) is 22.5 Å². The number of carboxylic acid groups (broad SMARTS) is 1. The lowest BCUT2D eigenvalue weighted by atomic mass is 10.3. The number of amidine groups is 1. The molecule has 4 nitrogen and oxygen atoms in total. The number of carboxylic acids is 1. The van der Waals surface area contributed by atoms with Gasteiger partial charge in [-0.2, -0.15) is 0 Å². The van der Waals surface area contributed by atoms with E-state index < -0.39 is 5.97 Å². The first-order valence-electron chi connectivity index (χ1n) is 3.71. The smallest absolute Gasteiger partial charge is 0.325 e. The van der Waals surface area contributed by atoms with Crippen molar-refractivity contribution in [3.8, 4) is 0 Å². The summed E-state index contributed by atoms with van der Waals surface area (Å²) < 4.78 is 0. The first-order chi connectivity index (χ1) is 6.18. The summed E-state index contributed by atoms with van der Waals surface area (Å²) in [5.41, 5.74) is 5.51. The molecule has 0 unspecified atom stereocenters. The fraction of sp³-hybridized carbons (Fsp3) is 0.250. The van der Waals surface area contributed by atoms with E-state index in [9.17, 15) is 4.79 Å². The van der Waals surface area contributed by atoms with Gasteiger partial charge in [0.2, 0.25) is 0 Å². The molecule has 1 rings (SSSR count). The predicted octanol–water partition coefficient (Wildman–Crippen LogP) is 0.732. The molecular weight excluding hydrogens is 188 g/mol. The van der Waals surface area contributed by atoms with Crippen LogP contribution in [0.2, 0.25) is 0 Å². The van der Waals surface area contributed by atoms with Gasteiger partial charge in [-0.15, -0.1) is 11.3 Å². The average molecular weight is 198 g/mol. The summed E-state index contributed by atoms with van der Waals surface area (Å²) in [6.45, 7) is -0.253. The van der Waals surface area contributed by atoms with Gasteiger partial charge in [-0.05, 0) is 11.4 Å². The lowest BCUT2D eigenvalue weighted by molar-refractivity contribution is -0.135. The van der Waals surface area contributed by atoms with Crippen molar-refractivity contribution in [1.82, 2.24) is 0 Å². The number of aliphatic imine (C=N–C) groups is 1. The minimum Gasteiger partial charge on any atom is -0.480 e. The molecule has 0 spiro atoms. The largest absolute Gasteiger partial charge is 0.480 e. The van der Waals surface area contributed by atoms with E-state index in [1.54, 1.807) is 11.3 Å². The van der Waals surface area contributed by atoms with Crippen molar-refractivity contribution in [3.63, 3.8) is 0 Å². The van der Waals surface area contributed by atoms with Gasteiger partial charge in [0.05, 0.1) is 5.84 Å². The van der Waals surface area contributed by atoms with Crippen molar-refractivity contribution in [1.29, 1.82) is 0 Å². The van der Waals surface area contributed by atoms with Gasteiger partial charge in [0.25, 0.3) is 0 Å². The van der Waals surface area contributed by atoms with Gasteiger partial charge in [0, 0.05) is 11.3 Å². The molecule has 13 heavy (non-hydrogen) atoms. The molecular formula is C8H10N2O2S. The monoisotopic (exact) mass is 198 g/mol. The highest BCUT2D eigenvalue weighted by atomic mass is 32.1. The Labute approximate surface area is 79.7 Å². The zero-order valence-electron chi connectivity index (χ0n) is 6.93. The Morgan fingerprint density at radius 3 is 3.00 bits per heavy atom. The molecule has 1 aromatic rings. The molecule has 1 aromatic heterocycles. The maximum Gasteiger partial charge on any atom is 0.325 e. The molecule has 70 valence electrons.